The van der Waals surface area contributed by atoms with Crippen molar-refractivity contribution in [3.8, 4) is 0 Å². The number of hydrogen-bond donors (Lipinski definition) is 0. The fourth-order valence-electron chi connectivity index (χ4n) is 9.29. The van der Waals surface area contributed by atoms with Gasteiger partial charge in [-0.05, 0) is 49.2 Å². The zero-order chi connectivity index (χ0) is 63.2. The Kier molecular flexibility index (Phi) is 21.3. The second-order valence-electron chi connectivity index (χ2n) is 19.3. The number of rotatable bonds is 17. The summed E-state index contributed by atoms with van der Waals surface area (Å²) in [5.74, 6) is 1.23. The molecule has 0 radical (unpaired) electrons. The number of carbonyl (C=O) groups is 1. The molecule has 0 aliphatic rings. The fraction of sp³-hybridized carbons (Fsp3) is 0.339. The van der Waals surface area contributed by atoms with Crippen LogP contribution < -0.4 is 21.9 Å². The summed E-state index contributed by atoms with van der Waals surface area (Å²) in [5, 5.41) is 0. The molecule has 0 bridgehead atoms. The third-order valence-electron chi connectivity index (χ3n) is 13.2. The highest BCUT2D eigenvalue weighted by molar-refractivity contribution is 7.97. The summed E-state index contributed by atoms with van der Waals surface area (Å²) in [5.41, 5.74) is -29.5. The van der Waals surface area contributed by atoms with E-state index in [1.165, 1.54) is 51.0 Å². The summed E-state index contributed by atoms with van der Waals surface area (Å²) in [7, 11) is -0.365. The molecular weight excluding hydrogens is 1210 g/mol. The summed E-state index contributed by atoms with van der Waals surface area (Å²) < 4.78 is 355. The maximum atomic E-state index is 14.3. The van der Waals surface area contributed by atoms with E-state index >= 15 is 0 Å². The number of unbranched alkanes of at least 4 members (excludes halogenated alkanes) is 7. The van der Waals surface area contributed by atoms with Crippen molar-refractivity contribution < 1.29 is 115 Å². The molecule has 458 valence electrons. The minimum Gasteiger partial charge on any atom is -0.289 e. The third kappa shape index (κ3) is 17.6. The van der Waals surface area contributed by atoms with E-state index in [0.29, 0.717) is 10.6 Å². The SMILES string of the molecule is CCCCCCCCCC[S+](CC(=O)c1ccccc1)c1ccccc1F.FC(F)(F)c1cc([B-](c2cc(C(F)(F)F)cc(C(F)(F)F)c2)(c2cc(C(F)(F)F)cc(C(F)(F)F)c2)c2cc(C(F)(F)F)cc(C(F)(F)F)c2)cc(C(F)(F)F)c1. The summed E-state index contributed by atoms with van der Waals surface area (Å²) in [6.45, 7) is 2.24. The van der Waals surface area contributed by atoms with Crippen LogP contribution in [0.4, 0.5) is 110 Å². The second kappa shape index (κ2) is 26.1. The summed E-state index contributed by atoms with van der Waals surface area (Å²) in [6.07, 6.45) is -44.8. The molecule has 6 aromatic rings. The Labute approximate surface area is 465 Å². The first-order chi connectivity index (χ1) is 38.5. The Morgan fingerprint density at radius 3 is 0.893 bits per heavy atom. The van der Waals surface area contributed by atoms with E-state index in [2.05, 4.69) is 6.92 Å². The quantitative estimate of drug-likeness (QED) is 0.0292. The normalized spacial score (nSPS) is 13.6. The molecule has 28 heteroatoms. The number of Topliss-reactive ketones (excluding diaryl/α,β-unsaturated/α-hetero) is 1. The lowest BCUT2D eigenvalue weighted by molar-refractivity contribution is -0.144. The van der Waals surface area contributed by atoms with E-state index in [4.69, 9.17) is 0 Å². The van der Waals surface area contributed by atoms with Crippen molar-refractivity contribution in [2.24, 2.45) is 0 Å². The molecule has 1 nitrogen and oxygen atoms in total. The zero-order valence-electron chi connectivity index (χ0n) is 43.0. The molecule has 1 unspecified atom stereocenters. The summed E-state index contributed by atoms with van der Waals surface area (Å²) in [6, 6.07) is 7.51. The van der Waals surface area contributed by atoms with Crippen molar-refractivity contribution in [1.29, 1.82) is 0 Å². The monoisotopic (exact) mass is 1250 g/mol. The fourth-order valence-corrected chi connectivity index (χ4v) is 11.5. The van der Waals surface area contributed by atoms with Gasteiger partial charge in [-0.15, -0.1) is 0 Å². The van der Waals surface area contributed by atoms with Gasteiger partial charge in [0.2, 0.25) is 5.78 Å². The van der Waals surface area contributed by atoms with Gasteiger partial charge in [0.15, 0.2) is 16.5 Å². The number of carbonyl (C=O) groups excluding carboxylic acids is 1. The highest BCUT2D eigenvalue weighted by atomic mass is 32.2. The Balaban J connectivity index is 0.000000398. The van der Waals surface area contributed by atoms with Crippen molar-refractivity contribution in [3.05, 3.63) is 183 Å². The van der Waals surface area contributed by atoms with E-state index in [1.807, 2.05) is 42.5 Å². The molecule has 0 aliphatic heterocycles. The number of halogens is 25. The molecule has 0 saturated carbocycles. The van der Waals surface area contributed by atoms with Gasteiger partial charge in [-0.1, -0.05) is 136 Å². The first kappa shape index (κ1) is 68.4. The average Bonchev–Trinajstić information content (AvgIpc) is 2.66. The minimum atomic E-state index is -6.13. The number of alkyl halides is 24. The van der Waals surface area contributed by atoms with Gasteiger partial charge in [0.05, 0.1) is 44.5 Å². The maximum Gasteiger partial charge on any atom is 0.416 e. The third-order valence-corrected chi connectivity index (χ3v) is 15.6. The van der Waals surface area contributed by atoms with Gasteiger partial charge in [-0.2, -0.15) is 127 Å². The molecule has 0 aromatic heterocycles. The van der Waals surface area contributed by atoms with Gasteiger partial charge in [-0.25, -0.2) is 4.39 Å². The molecular formula is C56H44BF25OS. The molecule has 84 heavy (non-hydrogen) atoms. The van der Waals surface area contributed by atoms with Crippen LogP contribution in [0.15, 0.2) is 132 Å². The summed E-state index contributed by atoms with van der Waals surface area (Å²) in [4.78, 5) is 13.4. The van der Waals surface area contributed by atoms with Crippen molar-refractivity contribution in [2.75, 3.05) is 11.5 Å². The zero-order valence-corrected chi connectivity index (χ0v) is 43.9. The standard InChI is InChI=1S/C32H12BF24.C24H32FOS/c34-25(35,36)13-1-14(26(37,38)39)6-21(5-13)33(22-7-15(27(40,41)42)2-16(8-22)28(43,44)45,23-9-17(29(46,47)48)3-18(10-23)30(49,50)51)24-11-19(31(52,53)54)4-20(12-24)32(55,56)57;1-2-3-4-5-6-7-8-14-19-27(24-18-13-12-17-22(24)25)20-23(26)21-15-10-9-11-16-21/h1-12H;9-13,15-18H,2-8,14,19-20H2,1H3/q-1;+1. The lowest BCUT2D eigenvalue weighted by atomic mass is 9.12. The topological polar surface area (TPSA) is 17.1 Å². The highest BCUT2D eigenvalue weighted by Crippen LogP contribution is 2.42. The lowest BCUT2D eigenvalue weighted by Gasteiger charge is -2.46. The van der Waals surface area contributed by atoms with Crippen LogP contribution >= 0.6 is 0 Å². The highest BCUT2D eigenvalue weighted by Gasteiger charge is 2.47. The number of ketones is 1. The number of hydrogen-bond acceptors (Lipinski definition) is 1. The smallest absolute Gasteiger partial charge is 0.289 e. The van der Waals surface area contributed by atoms with Gasteiger partial charge >= 0.3 is 49.4 Å². The molecule has 0 spiro atoms. The number of benzene rings is 6. The molecule has 6 aromatic carbocycles. The molecule has 0 saturated heterocycles. The first-order valence-electron chi connectivity index (χ1n) is 24.8. The van der Waals surface area contributed by atoms with Crippen LogP contribution in [0.2, 0.25) is 0 Å². The summed E-state index contributed by atoms with van der Waals surface area (Å²) >= 11 is 0. The van der Waals surface area contributed by atoms with Gasteiger partial charge in [0.25, 0.3) is 0 Å². The van der Waals surface area contributed by atoms with Crippen LogP contribution in [0.5, 0.6) is 0 Å². The van der Waals surface area contributed by atoms with Crippen LogP contribution in [-0.4, -0.2) is 23.4 Å². The predicted octanol–water partition coefficient (Wildman–Crippen LogP) is 18.0. The Hall–Kier alpha value is -6.35. The Morgan fingerprint density at radius 1 is 0.357 bits per heavy atom. The first-order valence-corrected chi connectivity index (χ1v) is 26.4. The molecule has 6 rings (SSSR count). The largest absolute Gasteiger partial charge is 0.416 e. The van der Waals surface area contributed by atoms with Crippen molar-refractivity contribution in [3.63, 3.8) is 0 Å². The van der Waals surface area contributed by atoms with E-state index in [9.17, 15) is 115 Å². The molecule has 0 aliphatic carbocycles. The van der Waals surface area contributed by atoms with Crippen LogP contribution in [0.1, 0.15) is 113 Å². The van der Waals surface area contributed by atoms with Gasteiger partial charge in [-0.3, -0.25) is 4.79 Å². The van der Waals surface area contributed by atoms with Crippen LogP contribution in [0.25, 0.3) is 0 Å². The van der Waals surface area contributed by atoms with E-state index in [0.717, 1.165) is 17.7 Å². The lowest BCUT2D eigenvalue weighted by Crippen LogP contribution is -2.75. The van der Waals surface area contributed by atoms with E-state index < -0.39 is 195 Å². The average molecular weight is 1250 g/mol. The van der Waals surface area contributed by atoms with Crippen LogP contribution in [-0.2, 0) is 60.3 Å². The van der Waals surface area contributed by atoms with Crippen molar-refractivity contribution >= 4 is 44.7 Å². The van der Waals surface area contributed by atoms with Crippen molar-refractivity contribution in [1.82, 2.24) is 0 Å². The van der Waals surface area contributed by atoms with Crippen LogP contribution in [0.3, 0.4) is 0 Å². The molecule has 0 fully saturated rings. The maximum absolute atomic E-state index is 14.3. The van der Waals surface area contributed by atoms with E-state index in [-0.39, 0.29) is 22.5 Å². The Morgan fingerprint density at radius 2 is 0.619 bits per heavy atom. The van der Waals surface area contributed by atoms with Gasteiger partial charge in [0, 0.05) is 16.5 Å². The molecule has 0 N–H and O–H groups in total. The Bertz CT molecular complexity index is 2750. The molecule has 1 atom stereocenters. The van der Waals surface area contributed by atoms with Crippen molar-refractivity contribution in [2.45, 2.75) is 113 Å². The minimum absolute atomic E-state index is 0.113. The predicted molar refractivity (Wildman–Crippen MR) is 265 cm³/mol. The molecule has 0 amide bonds. The second-order valence-corrected chi connectivity index (χ2v) is 21.4. The van der Waals surface area contributed by atoms with E-state index in [1.54, 1.807) is 6.07 Å². The molecule has 0 heterocycles. The van der Waals surface area contributed by atoms with Gasteiger partial charge < -0.3 is 0 Å². The van der Waals surface area contributed by atoms with Gasteiger partial charge in [0.1, 0.15) is 11.9 Å². The van der Waals surface area contributed by atoms with Crippen LogP contribution in [0, 0.1) is 5.82 Å².